The number of hydrogen-bond acceptors (Lipinski definition) is 10. The van der Waals surface area contributed by atoms with Crippen molar-refractivity contribution in [2.24, 2.45) is 0 Å². The fraction of sp³-hybridized carbons (Fsp3) is 0.364. The topological polar surface area (TPSA) is 134 Å². The number of aryl methyl sites for hydroxylation is 1. The van der Waals surface area contributed by atoms with Gasteiger partial charge in [0.25, 0.3) is 0 Å². The molecule has 2 aromatic carbocycles. The van der Waals surface area contributed by atoms with E-state index in [1.807, 2.05) is 48.5 Å². The van der Waals surface area contributed by atoms with Crippen molar-refractivity contribution in [3.63, 3.8) is 0 Å². The number of aromatic nitrogens is 3. The lowest BCUT2D eigenvalue weighted by atomic mass is 9.95. The highest BCUT2D eigenvalue weighted by molar-refractivity contribution is 8.00. The van der Waals surface area contributed by atoms with E-state index < -0.39 is 11.2 Å². The molecule has 2 aromatic heterocycles. The lowest BCUT2D eigenvalue weighted by Gasteiger charge is -2.16. The molecule has 13 heteroatoms. The molecule has 0 aliphatic heterocycles. The summed E-state index contributed by atoms with van der Waals surface area (Å²) in [4.78, 5) is 40.4. The van der Waals surface area contributed by atoms with E-state index in [2.05, 4.69) is 20.8 Å². The van der Waals surface area contributed by atoms with Crippen LogP contribution < -0.4 is 20.1 Å². The first-order valence-corrected chi connectivity index (χ1v) is 16.8. The number of thiophene rings is 1. The molecule has 242 valence electrons. The van der Waals surface area contributed by atoms with Gasteiger partial charge in [0.15, 0.2) is 11.0 Å². The maximum atomic E-state index is 13.5. The third kappa shape index (κ3) is 7.53. The first-order chi connectivity index (χ1) is 22.3. The monoisotopic (exact) mass is 663 g/mol. The largest absolute Gasteiger partial charge is 0.497 e. The van der Waals surface area contributed by atoms with Gasteiger partial charge in [-0.3, -0.25) is 14.2 Å². The summed E-state index contributed by atoms with van der Waals surface area (Å²) < 4.78 is 18.0. The van der Waals surface area contributed by atoms with Crippen molar-refractivity contribution in [1.82, 2.24) is 20.1 Å². The Morgan fingerprint density at radius 1 is 1.02 bits per heavy atom. The quantitative estimate of drug-likeness (QED) is 0.143. The van der Waals surface area contributed by atoms with Crippen molar-refractivity contribution in [3.8, 4) is 17.2 Å². The average Bonchev–Trinajstić information content (AvgIpc) is 3.64. The van der Waals surface area contributed by atoms with E-state index in [1.54, 1.807) is 32.6 Å². The van der Waals surface area contributed by atoms with Gasteiger partial charge >= 0.3 is 5.97 Å². The summed E-state index contributed by atoms with van der Waals surface area (Å²) in [5, 5.41) is 15.1. The van der Waals surface area contributed by atoms with E-state index in [1.165, 1.54) is 23.1 Å². The van der Waals surface area contributed by atoms with Crippen LogP contribution in [0.4, 0.5) is 5.00 Å². The van der Waals surface area contributed by atoms with E-state index in [4.69, 9.17) is 14.2 Å². The predicted octanol–water partition coefficient (Wildman–Crippen LogP) is 5.38. The molecular weight excluding hydrogens is 627 g/mol. The number of carbonyl (C=O) groups excluding carboxylic acids is 3. The molecule has 0 saturated carbocycles. The summed E-state index contributed by atoms with van der Waals surface area (Å²) in [5.41, 5.74) is 2.97. The second-order valence-corrected chi connectivity index (χ2v) is 13.0. The maximum Gasteiger partial charge on any atom is 0.341 e. The Labute approximate surface area is 276 Å². The Kier molecular flexibility index (Phi) is 11.0. The zero-order valence-electron chi connectivity index (χ0n) is 26.3. The SMILES string of the molecule is CCOC(=O)c1c(NC(=O)[C@H](C)Sc2nnc(CNC(=O)Cc3ccc(OC)cc3)n2-c2ccccc2OC)sc2c1CCCC2. The molecule has 0 saturated heterocycles. The number of anilines is 1. The van der Waals surface area contributed by atoms with Gasteiger partial charge in [-0.25, -0.2) is 4.79 Å². The summed E-state index contributed by atoms with van der Waals surface area (Å²) in [5.74, 6) is 0.896. The Morgan fingerprint density at radius 2 is 1.78 bits per heavy atom. The summed E-state index contributed by atoms with van der Waals surface area (Å²) in [6.07, 6.45) is 3.91. The zero-order chi connectivity index (χ0) is 32.6. The highest BCUT2D eigenvalue weighted by Gasteiger charge is 2.29. The molecule has 46 heavy (non-hydrogen) atoms. The van der Waals surface area contributed by atoms with E-state index in [-0.39, 0.29) is 31.4 Å². The van der Waals surface area contributed by atoms with Gasteiger partial charge in [-0.05, 0) is 74.9 Å². The zero-order valence-corrected chi connectivity index (χ0v) is 27.9. The second kappa shape index (κ2) is 15.3. The van der Waals surface area contributed by atoms with Crippen molar-refractivity contribution in [2.75, 3.05) is 26.1 Å². The number of thioether (sulfide) groups is 1. The van der Waals surface area contributed by atoms with Crippen molar-refractivity contribution in [1.29, 1.82) is 0 Å². The number of carbonyl (C=O) groups is 3. The molecule has 1 atom stereocenters. The third-order valence-electron chi connectivity index (χ3n) is 7.53. The maximum absolute atomic E-state index is 13.5. The number of nitrogens with zero attached hydrogens (tertiary/aromatic N) is 3. The molecule has 0 spiro atoms. The van der Waals surface area contributed by atoms with E-state index in [0.717, 1.165) is 47.4 Å². The number of nitrogens with one attached hydrogen (secondary N) is 2. The van der Waals surface area contributed by atoms with Gasteiger partial charge in [0.2, 0.25) is 11.8 Å². The predicted molar refractivity (Wildman–Crippen MR) is 177 cm³/mol. The molecule has 0 fully saturated rings. The minimum absolute atomic E-state index is 0.102. The number of esters is 1. The Bertz CT molecular complexity index is 1700. The molecule has 2 N–H and O–H groups in total. The fourth-order valence-electron chi connectivity index (χ4n) is 5.21. The van der Waals surface area contributed by atoms with Crippen LogP contribution in [0.3, 0.4) is 0 Å². The fourth-order valence-corrected chi connectivity index (χ4v) is 7.37. The molecule has 5 rings (SSSR count). The van der Waals surface area contributed by atoms with Crippen molar-refractivity contribution in [3.05, 3.63) is 75.9 Å². The van der Waals surface area contributed by atoms with E-state index in [9.17, 15) is 14.4 Å². The number of ether oxygens (including phenoxy) is 3. The molecule has 1 aliphatic rings. The van der Waals surface area contributed by atoms with Crippen LogP contribution in [-0.2, 0) is 40.1 Å². The molecule has 2 amide bonds. The number of methoxy groups -OCH3 is 2. The molecule has 2 heterocycles. The van der Waals surface area contributed by atoms with Crippen LogP contribution in [0.1, 0.15) is 58.9 Å². The number of para-hydroxylation sites is 2. The van der Waals surface area contributed by atoms with Crippen LogP contribution in [0.5, 0.6) is 11.5 Å². The van der Waals surface area contributed by atoms with Gasteiger partial charge in [-0.15, -0.1) is 21.5 Å². The van der Waals surface area contributed by atoms with Gasteiger partial charge in [0.1, 0.15) is 16.5 Å². The van der Waals surface area contributed by atoms with Crippen molar-refractivity contribution < 1.29 is 28.6 Å². The molecular formula is C33H37N5O6S2. The minimum Gasteiger partial charge on any atom is -0.497 e. The van der Waals surface area contributed by atoms with Crippen LogP contribution in [-0.4, -0.2) is 58.6 Å². The summed E-state index contributed by atoms with van der Waals surface area (Å²) in [6.45, 7) is 3.90. The molecule has 11 nitrogen and oxygen atoms in total. The average molecular weight is 664 g/mol. The van der Waals surface area contributed by atoms with Crippen molar-refractivity contribution >= 4 is 45.9 Å². The smallest absolute Gasteiger partial charge is 0.341 e. The summed E-state index contributed by atoms with van der Waals surface area (Å²) in [7, 11) is 3.17. The van der Waals surface area contributed by atoms with Crippen LogP contribution in [0.15, 0.2) is 53.7 Å². The van der Waals surface area contributed by atoms with E-state index in [0.29, 0.717) is 33.0 Å². The third-order valence-corrected chi connectivity index (χ3v) is 9.78. The van der Waals surface area contributed by atoms with E-state index >= 15 is 0 Å². The van der Waals surface area contributed by atoms with Gasteiger partial charge < -0.3 is 24.8 Å². The number of fused-ring (bicyclic) bond motifs is 1. The van der Waals surface area contributed by atoms with Gasteiger partial charge in [-0.1, -0.05) is 36.0 Å². The van der Waals surface area contributed by atoms with Crippen LogP contribution >= 0.6 is 23.1 Å². The number of benzene rings is 2. The molecule has 0 radical (unpaired) electrons. The summed E-state index contributed by atoms with van der Waals surface area (Å²) in [6, 6.07) is 14.7. The highest BCUT2D eigenvalue weighted by atomic mass is 32.2. The minimum atomic E-state index is -0.607. The number of amides is 2. The highest BCUT2D eigenvalue weighted by Crippen LogP contribution is 2.39. The second-order valence-electron chi connectivity index (χ2n) is 10.6. The molecule has 0 unspecified atom stereocenters. The molecule has 1 aliphatic carbocycles. The van der Waals surface area contributed by atoms with Gasteiger partial charge in [0, 0.05) is 4.88 Å². The first kappa shape index (κ1) is 33.0. The Balaban J connectivity index is 1.35. The van der Waals surface area contributed by atoms with Crippen LogP contribution in [0.2, 0.25) is 0 Å². The molecule has 4 aromatic rings. The number of rotatable bonds is 13. The summed E-state index contributed by atoms with van der Waals surface area (Å²) >= 11 is 2.67. The first-order valence-electron chi connectivity index (χ1n) is 15.1. The van der Waals surface area contributed by atoms with Gasteiger partial charge in [0.05, 0.1) is 50.3 Å². The van der Waals surface area contributed by atoms with Gasteiger partial charge in [-0.2, -0.15) is 0 Å². The van der Waals surface area contributed by atoms with Crippen LogP contribution in [0.25, 0.3) is 5.69 Å². The Morgan fingerprint density at radius 3 is 2.52 bits per heavy atom. The van der Waals surface area contributed by atoms with Crippen LogP contribution in [0, 0.1) is 0 Å². The van der Waals surface area contributed by atoms with Crippen molar-refractivity contribution in [2.45, 2.75) is 62.9 Å². The lowest BCUT2D eigenvalue weighted by molar-refractivity contribution is -0.120. The standard InChI is InChI=1S/C33H37N5O6S2/c1-5-44-32(41)29-23-10-6-9-13-26(23)46-31(29)35-30(40)20(2)45-33-37-36-27(38(33)24-11-7-8-12-25(24)43-4)19-34-28(39)18-21-14-16-22(42-3)17-15-21/h7-8,11-12,14-17,20H,5-6,9-10,13,18-19H2,1-4H3,(H,34,39)(H,35,40)/t20-/m0/s1. The number of hydrogen-bond donors (Lipinski definition) is 2. The molecule has 0 bridgehead atoms. The lowest BCUT2D eigenvalue weighted by Crippen LogP contribution is -2.26. The normalized spacial score (nSPS) is 13.0. The Hall–Kier alpha value is -4.36.